The molecular formula is C24H26FN3O2S. The maximum Gasteiger partial charge on any atom is 0.254 e. The third-order valence-corrected chi connectivity index (χ3v) is 6.37. The summed E-state index contributed by atoms with van der Waals surface area (Å²) in [6.45, 7) is 7.89. The first-order chi connectivity index (χ1) is 15.0. The van der Waals surface area contributed by atoms with Gasteiger partial charge in [0.15, 0.2) is 0 Å². The third-order valence-electron chi connectivity index (χ3n) is 5.43. The average Bonchev–Trinajstić information content (AvgIpc) is 3.25. The maximum absolute atomic E-state index is 13.8. The summed E-state index contributed by atoms with van der Waals surface area (Å²) in [7, 11) is 0. The van der Waals surface area contributed by atoms with Crippen LogP contribution in [0.3, 0.4) is 0 Å². The zero-order valence-electron chi connectivity index (χ0n) is 17.8. The number of benzene rings is 2. The van der Waals surface area contributed by atoms with Crippen molar-refractivity contribution < 1.29 is 13.9 Å². The van der Waals surface area contributed by atoms with Gasteiger partial charge in [0.2, 0.25) is 0 Å². The second-order valence-corrected chi connectivity index (χ2v) is 8.49. The molecule has 7 heteroatoms. The standard InChI is InChI=1S/C24H26FN3O2S/c1-3-30-21-8-6-18(7-9-21)23-26-20(16-31-23)15-27-10-12-28(13-11-27)24(29)19-5-4-17(2)22(25)14-19/h4-9,14,16H,3,10-13,15H2,1-2H3. The Balaban J connectivity index is 1.32. The monoisotopic (exact) mass is 439 g/mol. The quantitative estimate of drug-likeness (QED) is 0.563. The Morgan fingerprint density at radius 1 is 1.13 bits per heavy atom. The van der Waals surface area contributed by atoms with Gasteiger partial charge >= 0.3 is 0 Å². The summed E-state index contributed by atoms with van der Waals surface area (Å²) in [5, 5.41) is 3.09. The van der Waals surface area contributed by atoms with Crippen LogP contribution in [0.5, 0.6) is 5.75 Å². The molecule has 0 bridgehead atoms. The first-order valence-corrected chi connectivity index (χ1v) is 11.4. The SMILES string of the molecule is CCOc1ccc(-c2nc(CN3CCN(C(=O)c4ccc(C)c(F)c4)CC3)cs2)cc1. The van der Waals surface area contributed by atoms with Gasteiger partial charge in [-0.1, -0.05) is 6.07 Å². The molecule has 162 valence electrons. The average molecular weight is 440 g/mol. The van der Waals surface area contributed by atoms with Crippen molar-refractivity contribution in [1.82, 2.24) is 14.8 Å². The van der Waals surface area contributed by atoms with E-state index in [1.165, 1.54) is 6.07 Å². The van der Waals surface area contributed by atoms with E-state index in [9.17, 15) is 9.18 Å². The number of thiazole rings is 1. The van der Waals surface area contributed by atoms with Gasteiger partial charge in [-0.2, -0.15) is 0 Å². The molecule has 1 aromatic heterocycles. The summed E-state index contributed by atoms with van der Waals surface area (Å²) in [6.07, 6.45) is 0. The van der Waals surface area contributed by atoms with Crippen LogP contribution in [0.2, 0.25) is 0 Å². The van der Waals surface area contributed by atoms with Crippen molar-refractivity contribution >= 4 is 17.2 Å². The van der Waals surface area contributed by atoms with Crippen molar-refractivity contribution in [2.24, 2.45) is 0 Å². The second-order valence-electron chi connectivity index (χ2n) is 7.63. The number of carbonyl (C=O) groups is 1. The van der Waals surface area contributed by atoms with E-state index >= 15 is 0 Å². The van der Waals surface area contributed by atoms with Crippen molar-refractivity contribution in [1.29, 1.82) is 0 Å². The van der Waals surface area contributed by atoms with Gasteiger partial charge in [0.1, 0.15) is 16.6 Å². The highest BCUT2D eigenvalue weighted by Gasteiger charge is 2.23. The summed E-state index contributed by atoms with van der Waals surface area (Å²) in [4.78, 5) is 21.6. The van der Waals surface area contributed by atoms with E-state index in [0.717, 1.165) is 41.6 Å². The van der Waals surface area contributed by atoms with Gasteiger partial charge in [0, 0.05) is 49.2 Å². The number of carbonyl (C=O) groups excluding carboxylic acids is 1. The molecule has 0 atom stereocenters. The number of rotatable bonds is 6. The predicted molar refractivity (Wildman–Crippen MR) is 121 cm³/mol. The molecule has 0 saturated carbocycles. The Kier molecular flexibility index (Phi) is 6.63. The van der Waals surface area contributed by atoms with Gasteiger partial charge in [0.25, 0.3) is 5.91 Å². The van der Waals surface area contributed by atoms with Crippen molar-refractivity contribution in [3.63, 3.8) is 0 Å². The van der Waals surface area contributed by atoms with Crippen molar-refractivity contribution in [2.75, 3.05) is 32.8 Å². The Labute approximate surface area is 186 Å². The number of aromatic nitrogens is 1. The molecule has 4 rings (SSSR count). The maximum atomic E-state index is 13.8. The lowest BCUT2D eigenvalue weighted by Gasteiger charge is -2.34. The Morgan fingerprint density at radius 2 is 1.87 bits per heavy atom. The Morgan fingerprint density at radius 3 is 2.55 bits per heavy atom. The van der Waals surface area contributed by atoms with E-state index in [2.05, 4.69) is 10.3 Å². The molecule has 1 aliphatic rings. The highest BCUT2D eigenvalue weighted by molar-refractivity contribution is 7.13. The lowest BCUT2D eigenvalue weighted by molar-refractivity contribution is 0.0627. The van der Waals surface area contributed by atoms with Crippen LogP contribution in [0.1, 0.15) is 28.5 Å². The van der Waals surface area contributed by atoms with E-state index in [1.807, 2.05) is 31.2 Å². The van der Waals surface area contributed by atoms with E-state index in [-0.39, 0.29) is 11.7 Å². The van der Waals surface area contributed by atoms with Gasteiger partial charge in [0.05, 0.1) is 12.3 Å². The minimum absolute atomic E-state index is 0.106. The molecule has 31 heavy (non-hydrogen) atoms. The van der Waals surface area contributed by atoms with Crippen molar-refractivity contribution in [2.45, 2.75) is 20.4 Å². The normalized spacial score (nSPS) is 14.6. The summed E-state index contributed by atoms with van der Waals surface area (Å²) >= 11 is 1.64. The van der Waals surface area contributed by atoms with E-state index < -0.39 is 0 Å². The Hall–Kier alpha value is -2.77. The molecule has 1 aliphatic heterocycles. The second kappa shape index (κ2) is 9.58. The summed E-state index contributed by atoms with van der Waals surface area (Å²) in [5.74, 6) is 0.421. The third kappa shape index (κ3) is 5.11. The van der Waals surface area contributed by atoms with Crippen molar-refractivity contribution in [3.8, 4) is 16.3 Å². The minimum Gasteiger partial charge on any atom is -0.494 e. The van der Waals surface area contributed by atoms with Gasteiger partial charge < -0.3 is 9.64 Å². The highest BCUT2D eigenvalue weighted by atomic mass is 32.1. The minimum atomic E-state index is -0.337. The molecule has 3 aromatic rings. The first kappa shape index (κ1) is 21.5. The molecule has 1 fully saturated rings. The number of aryl methyl sites for hydroxylation is 1. The van der Waals surface area contributed by atoms with Crippen molar-refractivity contribution in [3.05, 3.63) is 70.5 Å². The molecule has 2 aromatic carbocycles. The van der Waals surface area contributed by atoms with Crippen LogP contribution in [-0.2, 0) is 6.54 Å². The van der Waals surface area contributed by atoms with Crippen LogP contribution in [0, 0.1) is 12.7 Å². The summed E-state index contributed by atoms with van der Waals surface area (Å²) in [5.41, 5.74) is 3.08. The fourth-order valence-corrected chi connectivity index (χ4v) is 4.44. The zero-order chi connectivity index (χ0) is 21.8. The van der Waals surface area contributed by atoms with E-state index in [0.29, 0.717) is 30.8 Å². The number of hydrogen-bond acceptors (Lipinski definition) is 5. The number of piperazine rings is 1. The van der Waals surface area contributed by atoms with Crippen LogP contribution in [0.25, 0.3) is 10.6 Å². The molecule has 0 spiro atoms. The molecule has 1 saturated heterocycles. The van der Waals surface area contributed by atoms with Gasteiger partial charge in [-0.25, -0.2) is 9.37 Å². The molecule has 0 radical (unpaired) electrons. The van der Waals surface area contributed by atoms with E-state index in [4.69, 9.17) is 9.72 Å². The van der Waals surface area contributed by atoms with Gasteiger partial charge in [-0.15, -0.1) is 11.3 Å². The van der Waals surface area contributed by atoms with Crippen LogP contribution < -0.4 is 4.74 Å². The molecule has 0 aliphatic carbocycles. The lowest BCUT2D eigenvalue weighted by atomic mass is 10.1. The molecule has 1 amide bonds. The molecule has 2 heterocycles. The highest BCUT2D eigenvalue weighted by Crippen LogP contribution is 2.26. The number of nitrogens with zero attached hydrogens (tertiary/aromatic N) is 3. The molecule has 0 unspecified atom stereocenters. The topological polar surface area (TPSA) is 45.7 Å². The first-order valence-electron chi connectivity index (χ1n) is 10.5. The number of amides is 1. The van der Waals surface area contributed by atoms with Gasteiger partial charge in [-0.3, -0.25) is 9.69 Å². The fourth-order valence-electron chi connectivity index (χ4n) is 3.62. The smallest absolute Gasteiger partial charge is 0.254 e. The Bertz CT molecular complexity index is 1040. The molecular weight excluding hydrogens is 413 g/mol. The zero-order valence-corrected chi connectivity index (χ0v) is 18.6. The van der Waals surface area contributed by atoms with Crippen LogP contribution in [0.15, 0.2) is 47.8 Å². The molecule has 0 N–H and O–H groups in total. The van der Waals surface area contributed by atoms with Crippen LogP contribution in [0.4, 0.5) is 4.39 Å². The summed E-state index contributed by atoms with van der Waals surface area (Å²) < 4.78 is 19.3. The van der Waals surface area contributed by atoms with Crippen LogP contribution >= 0.6 is 11.3 Å². The number of ether oxygens (including phenoxy) is 1. The molecule has 5 nitrogen and oxygen atoms in total. The lowest BCUT2D eigenvalue weighted by Crippen LogP contribution is -2.48. The fraction of sp³-hybridized carbons (Fsp3) is 0.333. The van der Waals surface area contributed by atoms with Gasteiger partial charge in [-0.05, 0) is 55.8 Å². The largest absolute Gasteiger partial charge is 0.494 e. The predicted octanol–water partition coefficient (Wildman–Crippen LogP) is 4.61. The van der Waals surface area contributed by atoms with Crippen LogP contribution in [-0.4, -0.2) is 53.5 Å². The number of hydrogen-bond donors (Lipinski definition) is 0. The number of halogens is 1. The summed E-state index contributed by atoms with van der Waals surface area (Å²) in [6, 6.07) is 12.7. The van der Waals surface area contributed by atoms with E-state index in [1.54, 1.807) is 35.3 Å².